The fraction of sp³-hybridized carbons (Fsp3) is 0.192. The van der Waals surface area contributed by atoms with Gasteiger partial charge >= 0.3 is 5.97 Å². The first kappa shape index (κ1) is 26.2. The van der Waals surface area contributed by atoms with Gasteiger partial charge < -0.3 is 20.7 Å². The normalized spacial score (nSPS) is 11.4. The largest absolute Gasteiger partial charge is 0.460 e. The predicted molar refractivity (Wildman–Crippen MR) is 137 cm³/mol. The van der Waals surface area contributed by atoms with Crippen molar-refractivity contribution in [3.8, 4) is 11.1 Å². The van der Waals surface area contributed by atoms with E-state index in [0.717, 1.165) is 16.7 Å². The van der Waals surface area contributed by atoms with Crippen LogP contribution in [0.5, 0.6) is 0 Å². The molecule has 0 saturated heterocycles. The number of likely N-dealkylation sites (N-methyl/N-ethyl adjacent to an activating group) is 1. The maximum atomic E-state index is 13.1. The maximum absolute atomic E-state index is 13.1. The van der Waals surface area contributed by atoms with Crippen LogP contribution in [-0.2, 0) is 25.7 Å². The average Bonchev–Trinajstić information content (AvgIpc) is 2.86. The van der Waals surface area contributed by atoms with Gasteiger partial charge in [-0.15, -0.1) is 0 Å². The Morgan fingerprint density at radius 1 is 0.886 bits per heavy atom. The molecule has 0 radical (unpaired) electrons. The smallest absolute Gasteiger partial charge is 0.320 e. The minimum atomic E-state index is -1.32. The Labute approximate surface area is 213 Å². The van der Waals surface area contributed by atoms with Gasteiger partial charge in [0, 0.05) is 6.54 Å². The standard InChI is InChI=1S/C26H25Cl2N3O4/c1-29-15-23(32)30-14-20(26(34)35-16-17-8-4-2-5-9-17)25(33)31-24-21(27)12-19(13-22(24)28)18-10-6-3-7-11-18/h2-13,20,29H,14-16H2,1H3,(H,30,32)(H,31,33)/t20-/m0/s1. The molecule has 1 atom stereocenters. The fourth-order valence-corrected chi connectivity index (χ4v) is 3.83. The monoisotopic (exact) mass is 513 g/mol. The lowest BCUT2D eigenvalue weighted by Crippen LogP contribution is -2.42. The number of hydrogen-bond acceptors (Lipinski definition) is 5. The minimum Gasteiger partial charge on any atom is -0.460 e. The molecule has 0 bridgehead atoms. The molecule has 0 aromatic heterocycles. The molecule has 35 heavy (non-hydrogen) atoms. The number of halogens is 2. The van der Waals surface area contributed by atoms with Crippen molar-refractivity contribution in [2.45, 2.75) is 6.61 Å². The van der Waals surface area contributed by atoms with Crippen LogP contribution >= 0.6 is 23.2 Å². The highest BCUT2D eigenvalue weighted by Crippen LogP contribution is 2.36. The number of ether oxygens (including phenoxy) is 1. The van der Waals surface area contributed by atoms with Crippen LogP contribution in [-0.4, -0.2) is 37.9 Å². The molecule has 3 rings (SSSR count). The number of carbonyl (C=O) groups excluding carboxylic acids is 3. The van der Waals surface area contributed by atoms with E-state index in [2.05, 4.69) is 16.0 Å². The summed E-state index contributed by atoms with van der Waals surface area (Å²) < 4.78 is 5.35. The van der Waals surface area contributed by atoms with E-state index in [1.54, 1.807) is 31.3 Å². The van der Waals surface area contributed by atoms with E-state index in [4.69, 9.17) is 27.9 Å². The number of benzene rings is 3. The van der Waals surface area contributed by atoms with E-state index in [-0.39, 0.29) is 41.3 Å². The molecule has 0 saturated carbocycles. The molecular weight excluding hydrogens is 489 g/mol. The van der Waals surface area contributed by atoms with Crippen molar-refractivity contribution in [2.75, 3.05) is 25.5 Å². The number of hydrogen-bond donors (Lipinski definition) is 3. The third-order valence-electron chi connectivity index (χ3n) is 5.06. The van der Waals surface area contributed by atoms with Crippen LogP contribution in [0.2, 0.25) is 10.0 Å². The quantitative estimate of drug-likeness (QED) is 0.277. The van der Waals surface area contributed by atoms with E-state index >= 15 is 0 Å². The van der Waals surface area contributed by atoms with Crippen LogP contribution < -0.4 is 16.0 Å². The van der Waals surface area contributed by atoms with Crippen LogP contribution in [0, 0.1) is 5.92 Å². The maximum Gasteiger partial charge on any atom is 0.320 e. The highest BCUT2D eigenvalue weighted by Gasteiger charge is 2.30. The lowest BCUT2D eigenvalue weighted by molar-refractivity contribution is -0.152. The summed E-state index contributed by atoms with van der Waals surface area (Å²) >= 11 is 12.9. The molecule has 0 fully saturated rings. The molecular formula is C26H25Cl2N3O4. The summed E-state index contributed by atoms with van der Waals surface area (Å²) in [7, 11) is 1.61. The van der Waals surface area contributed by atoms with Gasteiger partial charge in [0.05, 0.1) is 22.3 Å². The third kappa shape index (κ3) is 7.55. The SMILES string of the molecule is CNCC(=O)NC[C@@H](C(=O)Nc1c(Cl)cc(-c2ccccc2)cc1Cl)C(=O)OCc1ccccc1. The van der Waals surface area contributed by atoms with E-state index in [9.17, 15) is 14.4 Å². The summed E-state index contributed by atoms with van der Waals surface area (Å²) in [5.41, 5.74) is 2.61. The van der Waals surface area contributed by atoms with Crippen molar-refractivity contribution < 1.29 is 19.1 Å². The Balaban J connectivity index is 1.77. The Bertz CT molecular complexity index is 1150. The second-order valence-corrected chi connectivity index (χ2v) is 8.46. The third-order valence-corrected chi connectivity index (χ3v) is 5.66. The van der Waals surface area contributed by atoms with Gasteiger partial charge in [-0.2, -0.15) is 0 Å². The van der Waals surface area contributed by atoms with Gasteiger partial charge in [0.15, 0.2) is 5.92 Å². The first-order valence-corrected chi connectivity index (χ1v) is 11.6. The minimum absolute atomic E-state index is 0.0127. The zero-order valence-corrected chi connectivity index (χ0v) is 20.5. The summed E-state index contributed by atoms with van der Waals surface area (Å²) in [6, 6.07) is 21.9. The lowest BCUT2D eigenvalue weighted by Gasteiger charge is -2.18. The Morgan fingerprint density at radius 3 is 2.09 bits per heavy atom. The summed E-state index contributed by atoms with van der Waals surface area (Å²) in [6.07, 6.45) is 0. The molecule has 0 unspecified atom stereocenters. The highest BCUT2D eigenvalue weighted by atomic mass is 35.5. The molecule has 0 heterocycles. The van der Waals surface area contributed by atoms with Gasteiger partial charge in [-0.25, -0.2) is 0 Å². The first-order chi connectivity index (χ1) is 16.9. The summed E-state index contributed by atoms with van der Waals surface area (Å²) in [5, 5.41) is 8.31. The van der Waals surface area contributed by atoms with Crippen LogP contribution in [0.4, 0.5) is 5.69 Å². The van der Waals surface area contributed by atoms with Crippen molar-refractivity contribution in [1.82, 2.24) is 10.6 Å². The van der Waals surface area contributed by atoms with Crippen molar-refractivity contribution in [1.29, 1.82) is 0 Å². The van der Waals surface area contributed by atoms with Crippen LogP contribution in [0.15, 0.2) is 72.8 Å². The summed E-state index contributed by atoms with van der Waals surface area (Å²) in [5.74, 6) is -3.18. The molecule has 182 valence electrons. The Morgan fingerprint density at radius 2 is 1.49 bits per heavy atom. The van der Waals surface area contributed by atoms with Gasteiger partial charge in [-0.1, -0.05) is 83.9 Å². The molecule has 0 aliphatic heterocycles. The summed E-state index contributed by atoms with van der Waals surface area (Å²) in [4.78, 5) is 37.8. The first-order valence-electron chi connectivity index (χ1n) is 10.9. The topological polar surface area (TPSA) is 96.5 Å². The summed E-state index contributed by atoms with van der Waals surface area (Å²) in [6.45, 7) is -0.232. The second-order valence-electron chi connectivity index (χ2n) is 7.65. The molecule has 0 aliphatic carbocycles. The molecule has 9 heteroatoms. The fourth-order valence-electron chi connectivity index (χ4n) is 3.25. The average molecular weight is 514 g/mol. The number of anilines is 1. The number of nitrogens with one attached hydrogen (secondary N) is 3. The molecule has 2 amide bonds. The molecule has 7 nitrogen and oxygen atoms in total. The van der Waals surface area contributed by atoms with Crippen LogP contribution in [0.25, 0.3) is 11.1 Å². The van der Waals surface area contributed by atoms with Gasteiger partial charge in [0.2, 0.25) is 11.8 Å². The number of rotatable bonds is 10. The molecule has 0 spiro atoms. The van der Waals surface area contributed by atoms with Gasteiger partial charge in [-0.3, -0.25) is 14.4 Å². The molecule has 3 aromatic carbocycles. The van der Waals surface area contributed by atoms with Gasteiger partial charge in [-0.05, 0) is 35.9 Å². The lowest BCUT2D eigenvalue weighted by atomic mass is 10.0. The van der Waals surface area contributed by atoms with Crippen molar-refractivity contribution in [2.24, 2.45) is 5.92 Å². The van der Waals surface area contributed by atoms with Gasteiger partial charge in [0.1, 0.15) is 6.61 Å². The molecule has 3 aromatic rings. The highest BCUT2D eigenvalue weighted by molar-refractivity contribution is 6.40. The van der Waals surface area contributed by atoms with Crippen LogP contribution in [0.3, 0.4) is 0 Å². The predicted octanol–water partition coefficient (Wildman–Crippen LogP) is 4.29. The van der Waals surface area contributed by atoms with E-state index in [1.165, 1.54) is 0 Å². The van der Waals surface area contributed by atoms with Gasteiger partial charge in [0.25, 0.3) is 0 Å². The number of esters is 1. The van der Waals surface area contributed by atoms with Crippen molar-refractivity contribution >= 4 is 46.7 Å². The molecule has 0 aliphatic rings. The Kier molecular flexibility index (Phi) is 9.66. The zero-order chi connectivity index (χ0) is 25.2. The van der Waals surface area contributed by atoms with E-state index < -0.39 is 17.8 Å². The van der Waals surface area contributed by atoms with E-state index in [1.807, 2.05) is 48.5 Å². The van der Waals surface area contributed by atoms with Crippen molar-refractivity contribution in [3.05, 3.63) is 88.4 Å². The van der Waals surface area contributed by atoms with Crippen molar-refractivity contribution in [3.63, 3.8) is 0 Å². The number of amides is 2. The van der Waals surface area contributed by atoms with Crippen LogP contribution in [0.1, 0.15) is 5.56 Å². The van der Waals surface area contributed by atoms with E-state index in [0.29, 0.717) is 0 Å². The second kappa shape index (κ2) is 12.9. The Hall–Kier alpha value is -3.39. The number of carbonyl (C=O) groups is 3. The zero-order valence-electron chi connectivity index (χ0n) is 19.0. The molecule has 3 N–H and O–H groups in total.